The van der Waals surface area contributed by atoms with E-state index in [0.717, 1.165) is 38.8 Å². The lowest BCUT2D eigenvalue weighted by Crippen LogP contribution is -2.52. The second-order valence-electron chi connectivity index (χ2n) is 8.03. The van der Waals surface area contributed by atoms with Gasteiger partial charge >= 0.3 is 5.97 Å². The Morgan fingerprint density at radius 3 is 2.55 bits per heavy atom. The molecule has 0 amide bonds. The zero-order valence-electron chi connectivity index (χ0n) is 13.6. The van der Waals surface area contributed by atoms with E-state index in [0.29, 0.717) is 17.4 Å². The quantitative estimate of drug-likeness (QED) is 0.852. The van der Waals surface area contributed by atoms with Gasteiger partial charge in [-0.25, -0.2) is 0 Å². The highest BCUT2D eigenvalue weighted by Crippen LogP contribution is 2.46. The van der Waals surface area contributed by atoms with Gasteiger partial charge in [-0.2, -0.15) is 0 Å². The lowest BCUT2D eigenvalue weighted by atomic mass is 9.75. The number of hydrogen-bond donors (Lipinski definition) is 1. The largest absolute Gasteiger partial charge is 0.481 e. The van der Waals surface area contributed by atoms with Crippen molar-refractivity contribution in [2.45, 2.75) is 72.3 Å². The van der Waals surface area contributed by atoms with Gasteiger partial charge in [0.25, 0.3) is 0 Å². The monoisotopic (exact) mass is 281 g/mol. The van der Waals surface area contributed by atoms with E-state index in [4.69, 9.17) is 0 Å². The fourth-order valence-electron chi connectivity index (χ4n) is 4.76. The number of hydrogen-bond acceptors (Lipinski definition) is 2. The van der Waals surface area contributed by atoms with E-state index in [1.807, 2.05) is 0 Å². The SMILES string of the molecule is CCCC1(C(=O)O)CCCN(C2CC(C)(C)CC2C)C1. The molecule has 1 aliphatic carbocycles. The number of nitrogens with zero attached hydrogens (tertiary/aromatic N) is 1. The molecule has 1 saturated heterocycles. The lowest BCUT2D eigenvalue weighted by molar-refractivity contribution is -0.154. The summed E-state index contributed by atoms with van der Waals surface area (Å²) < 4.78 is 0. The van der Waals surface area contributed by atoms with Crippen molar-refractivity contribution in [1.29, 1.82) is 0 Å². The second-order valence-corrected chi connectivity index (χ2v) is 8.03. The van der Waals surface area contributed by atoms with Crippen LogP contribution in [-0.2, 0) is 4.79 Å². The van der Waals surface area contributed by atoms with Gasteiger partial charge in [-0.3, -0.25) is 9.69 Å². The summed E-state index contributed by atoms with van der Waals surface area (Å²) in [5, 5.41) is 9.72. The summed E-state index contributed by atoms with van der Waals surface area (Å²) in [4.78, 5) is 14.3. The Hall–Kier alpha value is -0.570. The Bertz CT molecular complexity index is 362. The highest BCUT2D eigenvalue weighted by molar-refractivity contribution is 5.75. The van der Waals surface area contributed by atoms with Crippen molar-refractivity contribution in [3.63, 3.8) is 0 Å². The molecule has 3 atom stereocenters. The summed E-state index contributed by atoms with van der Waals surface area (Å²) in [6.07, 6.45) is 6.17. The maximum atomic E-state index is 11.8. The van der Waals surface area contributed by atoms with Gasteiger partial charge in [0.05, 0.1) is 5.41 Å². The molecule has 1 heterocycles. The summed E-state index contributed by atoms with van der Waals surface area (Å²) in [5.74, 6) is 0.116. The number of likely N-dealkylation sites (tertiary alicyclic amines) is 1. The molecule has 3 unspecified atom stereocenters. The van der Waals surface area contributed by atoms with Crippen LogP contribution in [0, 0.1) is 16.7 Å². The molecule has 0 aromatic carbocycles. The maximum absolute atomic E-state index is 11.8. The van der Waals surface area contributed by atoms with E-state index in [1.165, 1.54) is 12.8 Å². The highest BCUT2D eigenvalue weighted by atomic mass is 16.4. The standard InChI is InChI=1S/C17H31NO2/c1-5-7-17(15(19)20)8-6-9-18(12-17)14-11-16(3,4)10-13(14)2/h13-14H,5-12H2,1-4H3,(H,19,20). The Balaban J connectivity index is 2.12. The lowest BCUT2D eigenvalue weighted by Gasteiger charge is -2.44. The summed E-state index contributed by atoms with van der Waals surface area (Å²) in [7, 11) is 0. The summed E-state index contributed by atoms with van der Waals surface area (Å²) in [5.41, 5.74) is -0.0718. The van der Waals surface area contributed by atoms with E-state index in [1.54, 1.807) is 0 Å². The molecule has 3 heteroatoms. The Morgan fingerprint density at radius 1 is 1.35 bits per heavy atom. The average Bonchev–Trinajstić information content (AvgIpc) is 2.63. The maximum Gasteiger partial charge on any atom is 0.310 e. The van der Waals surface area contributed by atoms with Crippen LogP contribution in [0.5, 0.6) is 0 Å². The van der Waals surface area contributed by atoms with Crippen LogP contribution in [0.25, 0.3) is 0 Å². The predicted octanol–water partition coefficient (Wildman–Crippen LogP) is 3.78. The normalized spacial score (nSPS) is 38.0. The molecule has 116 valence electrons. The van der Waals surface area contributed by atoms with Crippen LogP contribution in [0.1, 0.15) is 66.2 Å². The van der Waals surface area contributed by atoms with Crippen LogP contribution in [0.4, 0.5) is 0 Å². The minimum atomic E-state index is -0.575. The third kappa shape index (κ3) is 3.03. The molecular weight excluding hydrogens is 250 g/mol. The summed E-state index contributed by atoms with van der Waals surface area (Å²) in [6, 6.07) is 0.584. The van der Waals surface area contributed by atoms with E-state index in [-0.39, 0.29) is 0 Å². The van der Waals surface area contributed by atoms with Crippen LogP contribution in [0.15, 0.2) is 0 Å². The highest BCUT2D eigenvalue weighted by Gasteiger charge is 2.46. The number of carboxylic acid groups (broad SMARTS) is 1. The molecular formula is C17H31NO2. The van der Waals surface area contributed by atoms with Crippen molar-refractivity contribution in [3.05, 3.63) is 0 Å². The van der Waals surface area contributed by atoms with Crippen LogP contribution >= 0.6 is 0 Å². The predicted molar refractivity (Wildman–Crippen MR) is 81.8 cm³/mol. The summed E-state index contributed by atoms with van der Waals surface area (Å²) in [6.45, 7) is 11.0. The third-order valence-electron chi connectivity index (χ3n) is 5.55. The first-order chi connectivity index (χ1) is 9.30. The van der Waals surface area contributed by atoms with Gasteiger partial charge in [0.2, 0.25) is 0 Å². The van der Waals surface area contributed by atoms with Gasteiger partial charge < -0.3 is 5.11 Å². The minimum Gasteiger partial charge on any atom is -0.481 e. The summed E-state index contributed by atoms with van der Waals surface area (Å²) >= 11 is 0. The molecule has 20 heavy (non-hydrogen) atoms. The molecule has 0 aromatic rings. The fourth-order valence-corrected chi connectivity index (χ4v) is 4.76. The second kappa shape index (κ2) is 5.67. The zero-order chi connectivity index (χ0) is 15.0. The molecule has 0 aromatic heterocycles. The molecule has 1 saturated carbocycles. The average molecular weight is 281 g/mol. The van der Waals surface area contributed by atoms with E-state index in [2.05, 4.69) is 32.6 Å². The van der Waals surface area contributed by atoms with Crippen molar-refractivity contribution >= 4 is 5.97 Å². The molecule has 0 spiro atoms. The third-order valence-corrected chi connectivity index (χ3v) is 5.55. The fraction of sp³-hybridized carbons (Fsp3) is 0.941. The molecule has 0 radical (unpaired) electrons. The van der Waals surface area contributed by atoms with Crippen molar-refractivity contribution in [3.8, 4) is 0 Å². The van der Waals surface area contributed by atoms with Crippen LogP contribution in [-0.4, -0.2) is 35.1 Å². The molecule has 2 rings (SSSR count). The molecule has 0 bridgehead atoms. The van der Waals surface area contributed by atoms with Gasteiger partial charge in [0, 0.05) is 12.6 Å². The Kier molecular flexibility index (Phi) is 4.48. The Labute approximate surface area is 123 Å². The number of rotatable bonds is 4. The minimum absolute atomic E-state index is 0.415. The van der Waals surface area contributed by atoms with Gasteiger partial charge in [-0.1, -0.05) is 34.1 Å². The van der Waals surface area contributed by atoms with E-state index >= 15 is 0 Å². The zero-order valence-corrected chi connectivity index (χ0v) is 13.6. The molecule has 1 N–H and O–H groups in total. The number of carboxylic acids is 1. The topological polar surface area (TPSA) is 40.5 Å². The molecule has 2 fully saturated rings. The molecule has 3 nitrogen and oxygen atoms in total. The number of aliphatic carboxylic acids is 1. The first-order valence-electron chi connectivity index (χ1n) is 8.27. The van der Waals surface area contributed by atoms with Crippen molar-refractivity contribution in [1.82, 2.24) is 4.90 Å². The van der Waals surface area contributed by atoms with E-state index in [9.17, 15) is 9.90 Å². The van der Waals surface area contributed by atoms with Crippen LogP contribution in [0.2, 0.25) is 0 Å². The van der Waals surface area contributed by atoms with Crippen molar-refractivity contribution in [2.24, 2.45) is 16.7 Å². The smallest absolute Gasteiger partial charge is 0.310 e. The first-order valence-corrected chi connectivity index (χ1v) is 8.27. The van der Waals surface area contributed by atoms with Crippen molar-refractivity contribution < 1.29 is 9.90 Å². The Morgan fingerprint density at radius 2 is 2.05 bits per heavy atom. The van der Waals surface area contributed by atoms with Crippen LogP contribution < -0.4 is 0 Å². The van der Waals surface area contributed by atoms with Gasteiger partial charge in [-0.15, -0.1) is 0 Å². The van der Waals surface area contributed by atoms with Crippen molar-refractivity contribution in [2.75, 3.05) is 13.1 Å². The first kappa shape index (κ1) is 15.8. The van der Waals surface area contributed by atoms with E-state index < -0.39 is 11.4 Å². The van der Waals surface area contributed by atoms with Gasteiger partial charge in [0.1, 0.15) is 0 Å². The van der Waals surface area contributed by atoms with Gasteiger partial charge in [0.15, 0.2) is 0 Å². The molecule has 1 aliphatic heterocycles. The van der Waals surface area contributed by atoms with Gasteiger partial charge in [-0.05, 0) is 50.0 Å². The number of carbonyl (C=O) groups is 1. The van der Waals surface area contributed by atoms with Crippen LogP contribution in [0.3, 0.4) is 0 Å². The molecule has 2 aliphatic rings. The number of piperidine rings is 1.